The number of rotatable bonds is 16. The number of benzene rings is 6. The molecule has 6 aromatic rings. The van der Waals surface area contributed by atoms with E-state index >= 15 is 0 Å². The summed E-state index contributed by atoms with van der Waals surface area (Å²) in [7, 11) is 1.79. The van der Waals surface area contributed by atoms with Crippen LogP contribution in [0.25, 0.3) is 18.2 Å². The average molecular weight is 1710 g/mol. The number of fused-ring (bicyclic) bond motifs is 14. The summed E-state index contributed by atoms with van der Waals surface area (Å²) in [6.45, 7) is 22.1. The summed E-state index contributed by atoms with van der Waals surface area (Å²) >= 11 is 0. The van der Waals surface area contributed by atoms with Gasteiger partial charge in [-0.3, -0.25) is 4.79 Å². The number of carboxylic acid groups (broad SMARTS) is 1. The van der Waals surface area contributed by atoms with Crippen LogP contribution in [0.5, 0.6) is 5.75 Å². The fourth-order valence-corrected chi connectivity index (χ4v) is 21.7. The minimum Gasteiger partial charge on any atom is -1.00 e. The van der Waals surface area contributed by atoms with Crippen LogP contribution in [0.2, 0.25) is 0 Å². The zero-order chi connectivity index (χ0) is 68.2. The molecule has 2 spiro atoms. The van der Waals surface area contributed by atoms with Crippen molar-refractivity contribution in [2.24, 2.45) is 0 Å². The van der Waals surface area contributed by atoms with Crippen LogP contribution >= 0.6 is 0 Å². The number of nitrogens with zero attached hydrogens (tertiary/aromatic N) is 6. The maximum absolute atomic E-state index is 11.5. The number of methoxy groups -OCH3 is 1. The van der Waals surface area contributed by atoms with Crippen molar-refractivity contribution in [2.75, 3.05) is 61.1 Å². The molecule has 12 heteroatoms. The Balaban J connectivity index is 0.000000143. The van der Waals surface area contributed by atoms with E-state index in [2.05, 4.69) is 235 Å². The zero-order valence-corrected chi connectivity index (χ0v) is 68.6. The van der Waals surface area contributed by atoms with Gasteiger partial charge in [-0.2, -0.15) is 13.7 Å². The highest BCUT2D eigenvalue weighted by atomic mass is 127. The largest absolute Gasteiger partial charge is 1.00 e. The number of para-hydroxylation sites is 2. The van der Waals surface area contributed by atoms with Gasteiger partial charge in [-0.25, -0.2) is 0 Å². The number of likely N-dealkylation sites (N-methyl/N-ethyl adjacent to an activating group) is 2. The number of hydrogen-bond donors (Lipinski definition) is 1. The van der Waals surface area contributed by atoms with Gasteiger partial charge < -0.3 is 96.5 Å². The summed E-state index contributed by atoms with van der Waals surface area (Å²) in [6, 6.07) is 47.9. The normalized spacial score (nSPS) is 23.6. The monoisotopic (exact) mass is 1700 g/mol. The second-order valence-electron chi connectivity index (χ2n) is 31.3. The summed E-state index contributed by atoms with van der Waals surface area (Å²) in [4.78, 5) is 19.5. The van der Waals surface area contributed by atoms with Crippen LogP contribution in [0.4, 0.5) is 34.1 Å². The van der Waals surface area contributed by atoms with Crippen molar-refractivity contribution in [1.29, 1.82) is 0 Å². The Bertz CT molecular complexity index is 4260. The number of aliphatic carboxylic acids is 1. The van der Waals surface area contributed by atoms with Crippen LogP contribution < -0.4 is 91.4 Å². The van der Waals surface area contributed by atoms with E-state index in [1.807, 2.05) is 0 Å². The molecule has 6 aliphatic heterocycles. The van der Waals surface area contributed by atoms with Gasteiger partial charge in [0.15, 0.2) is 23.7 Å². The first-order chi connectivity index (χ1) is 48.4. The van der Waals surface area contributed by atoms with Gasteiger partial charge in [0.1, 0.15) is 25.3 Å². The number of anilines is 3. The number of halogens is 3. The number of hydrogen-bond acceptors (Lipinski definition) is 5. The molecule has 5 fully saturated rings. The molecule has 5 aliphatic carbocycles. The molecule has 1 N–H and O–H groups in total. The minimum absolute atomic E-state index is 0. The molecule has 6 atom stereocenters. The first-order valence-corrected chi connectivity index (χ1v) is 39.2. The van der Waals surface area contributed by atoms with E-state index in [9.17, 15) is 9.90 Å². The summed E-state index contributed by atoms with van der Waals surface area (Å²) < 4.78 is 13.0. The molecular weight excluding hydrogens is 1590 g/mol. The Kier molecular flexibility index (Phi) is 24.0. The van der Waals surface area contributed by atoms with E-state index in [1.165, 1.54) is 212 Å². The second-order valence-corrected chi connectivity index (χ2v) is 31.3. The first-order valence-electron chi connectivity index (χ1n) is 39.2. The smallest absolute Gasteiger partial charge is 0.309 e. The lowest BCUT2D eigenvalue weighted by molar-refractivity contribution is -0.436. The molecule has 540 valence electrons. The second kappa shape index (κ2) is 32.2. The molecule has 102 heavy (non-hydrogen) atoms. The predicted octanol–water partition coefficient (Wildman–Crippen LogP) is 11.5. The van der Waals surface area contributed by atoms with E-state index < -0.39 is 5.97 Å². The summed E-state index contributed by atoms with van der Waals surface area (Å²) in [5, 5.41) is 9.47. The Morgan fingerprint density at radius 2 is 0.892 bits per heavy atom. The molecule has 0 bridgehead atoms. The van der Waals surface area contributed by atoms with Crippen molar-refractivity contribution in [3.05, 3.63) is 190 Å². The third kappa shape index (κ3) is 13.5. The number of ether oxygens (including phenoxy) is 1. The van der Waals surface area contributed by atoms with Crippen LogP contribution in [-0.2, 0) is 21.0 Å². The van der Waals surface area contributed by atoms with E-state index in [0.717, 1.165) is 68.7 Å². The fourth-order valence-electron chi connectivity index (χ4n) is 21.7. The Hall–Kier alpha value is -5.59. The van der Waals surface area contributed by atoms with Crippen molar-refractivity contribution in [3.8, 4) is 5.75 Å². The van der Waals surface area contributed by atoms with Crippen molar-refractivity contribution in [3.63, 3.8) is 0 Å². The van der Waals surface area contributed by atoms with Crippen molar-refractivity contribution < 1.29 is 100 Å². The number of allylic oxidation sites excluding steroid dienone is 3. The van der Waals surface area contributed by atoms with E-state index in [0.29, 0.717) is 18.5 Å². The van der Waals surface area contributed by atoms with Crippen molar-refractivity contribution in [1.82, 2.24) is 0 Å². The van der Waals surface area contributed by atoms with Crippen molar-refractivity contribution in [2.45, 2.75) is 235 Å². The summed E-state index contributed by atoms with van der Waals surface area (Å²) in [6.07, 6.45) is 40.2. The maximum atomic E-state index is 11.5. The van der Waals surface area contributed by atoms with Gasteiger partial charge in [-0.05, 0) is 212 Å². The van der Waals surface area contributed by atoms with Gasteiger partial charge >= 0.3 is 5.97 Å². The standard InChI is InChI=1S/C31H36N2O2.C31H39N2O.C28H35N2.3HI/c1-2-32-26-12-8-9-23(26)24-21-22(13-15-27(24)32)14-16-29-31(18-6-3-7-19-31)25-10-4-5-11-28(25)33(29)20-17-30(34)35;1-4-32-27-11-9-10-24(27)25-20-22(12-15-28(25)32)13-17-30-31(18-7-6-8-19-31)26-21-23(34-3)14-16-29(26)33(30)5-2;1-5-18-30-24-13-9-10-21(24)22-19-20(14-16-25(22)30)15-17-27-28(3,4)23-11-7-8-12-26(23)29(27)6-2;;;/h4-5,10-11,13-16,21,23,26H,2-3,6-9,12,17-20H2,1H3;12-17,20-21,24,27H,4-11,18-19H2,1-3H3;7-8,11-12,14-17,19,21,24H,5-6,9-10,13,18H2,1-4H3;3*1H/q;2*+1;;;/p-2. The molecular formula is C90H111I3N6O3. The molecule has 17 rings (SSSR count). The van der Waals surface area contributed by atoms with Crippen LogP contribution in [0.3, 0.4) is 0 Å². The van der Waals surface area contributed by atoms with Crippen LogP contribution in [-0.4, -0.2) is 106 Å². The molecule has 6 heterocycles. The lowest BCUT2D eigenvalue weighted by Gasteiger charge is -2.31. The first kappa shape index (κ1) is 76.1. The SMILES string of the molecule is CCCN1c2ccc(/C=C/C3=[N+](CC)c4ccccc4C3(C)C)cc2C2CCCC21.CCN1c2ccc(/C=C/C3=[N+](CC)c4ccc(OC)cc4C34CCCCC4)cc2C2CCCC21.CCN1c2ccc(/C=C/C3=[N+](CCC(=O)O)c4ccccc4C34CCCCC4)cc2C2CCCC21.[I-].[I-].[I-]. The average Bonchev–Trinajstić information content (AvgIpc) is 1.61. The molecule has 0 saturated heterocycles. The Morgan fingerprint density at radius 1 is 0.471 bits per heavy atom. The van der Waals surface area contributed by atoms with E-state index in [4.69, 9.17) is 4.74 Å². The van der Waals surface area contributed by atoms with Crippen LogP contribution in [0.15, 0.2) is 140 Å². The highest BCUT2D eigenvalue weighted by molar-refractivity contribution is 6.08. The third-order valence-corrected chi connectivity index (χ3v) is 26.0. The lowest BCUT2D eigenvalue weighted by atomic mass is 9.67. The highest BCUT2D eigenvalue weighted by Gasteiger charge is 2.54. The van der Waals surface area contributed by atoms with E-state index in [-0.39, 0.29) is 94.6 Å². The van der Waals surface area contributed by atoms with Gasteiger partial charge in [0, 0.05) is 126 Å². The molecule has 9 nitrogen and oxygen atoms in total. The van der Waals surface area contributed by atoms with Gasteiger partial charge in [0.25, 0.3) is 0 Å². The molecule has 0 amide bonds. The fraction of sp³-hybridized carbons (Fsp3) is 0.489. The summed E-state index contributed by atoms with van der Waals surface area (Å²) in [5.41, 5.74) is 25.7. The number of carbonyl (C=O) groups is 1. The third-order valence-electron chi connectivity index (χ3n) is 26.0. The minimum atomic E-state index is -0.736. The lowest BCUT2D eigenvalue weighted by Crippen LogP contribution is -3.00. The molecule has 6 unspecified atom stereocenters. The van der Waals surface area contributed by atoms with Crippen LogP contribution in [0, 0.1) is 0 Å². The molecule has 0 aromatic heterocycles. The molecule has 5 saturated carbocycles. The topological polar surface area (TPSA) is 65.3 Å². The van der Waals surface area contributed by atoms with Gasteiger partial charge in [0.2, 0.25) is 17.1 Å². The van der Waals surface area contributed by atoms with Crippen molar-refractivity contribution >= 4 is 75.5 Å². The van der Waals surface area contributed by atoms with Gasteiger partial charge in [-0.15, -0.1) is 0 Å². The Labute approximate surface area is 661 Å². The summed E-state index contributed by atoms with van der Waals surface area (Å²) in [5.74, 6) is 2.40. The molecule has 11 aliphatic rings. The molecule has 6 aromatic carbocycles. The quantitative estimate of drug-likeness (QED) is 0.0770. The predicted molar refractivity (Wildman–Crippen MR) is 413 cm³/mol. The zero-order valence-electron chi connectivity index (χ0n) is 62.1. The molecule has 0 radical (unpaired) electrons. The maximum Gasteiger partial charge on any atom is 0.309 e. The Morgan fingerprint density at radius 3 is 1.36 bits per heavy atom. The van der Waals surface area contributed by atoms with Gasteiger partial charge in [-0.1, -0.05) is 119 Å². The van der Waals surface area contributed by atoms with E-state index in [1.54, 1.807) is 18.2 Å². The van der Waals surface area contributed by atoms with Gasteiger partial charge in [0.05, 0.1) is 23.4 Å². The number of carboxylic acids is 1. The highest BCUT2D eigenvalue weighted by Crippen LogP contribution is 2.55. The van der Waals surface area contributed by atoms with Crippen LogP contribution in [0.1, 0.15) is 251 Å².